The molecule has 4 saturated carbocycles. The van der Waals surface area contributed by atoms with Crippen LogP contribution in [0.4, 0.5) is 0 Å². The summed E-state index contributed by atoms with van der Waals surface area (Å²) >= 11 is 0. The standard InChI is InChI=1S/C51H80O18/c1-23(2)19-33(55)67-42-41(65-26(5)54)46(6,7)20-28-27-13-14-30-48(10)17-16-31(47(8,9)29(48)15-18-49(30,11)50(27,12)21-32(64-25(4)53)51(28,42)22-52)66-45-38(60)36(58)39(40(69-45)43(61)62)68-44-37(59)35(57)34(56)24(3)63-44/h13,23-24,28-32,34-42,44-45,52,56-60H,14-22H2,1-12H3,(H,61,62)/t24-,28-,29+,30-,31+,32-,34+,35-,36-,37-,38-,39-,40+,41+,42+,44+,45+,48+,49-,50-,51+/m1/s1. The van der Waals surface area contributed by atoms with Crippen LogP contribution in [0.15, 0.2) is 11.6 Å². The maximum Gasteiger partial charge on any atom is 0.335 e. The van der Waals surface area contributed by atoms with Crippen molar-refractivity contribution in [2.45, 2.75) is 220 Å². The van der Waals surface area contributed by atoms with Gasteiger partial charge in [-0.05, 0) is 97.2 Å². The zero-order valence-corrected chi connectivity index (χ0v) is 42.5. The number of rotatable bonds is 11. The lowest BCUT2D eigenvalue weighted by Gasteiger charge is -2.72. The Balaban J connectivity index is 1.18. The Hall–Kier alpha value is -2.78. The first-order chi connectivity index (χ1) is 31.9. The summed E-state index contributed by atoms with van der Waals surface area (Å²) < 4.78 is 42.5. The number of aliphatic hydroxyl groups excluding tert-OH is 6. The third kappa shape index (κ3) is 8.79. The number of fused-ring (bicyclic) bond motifs is 7. The van der Waals surface area contributed by atoms with Gasteiger partial charge in [-0.2, -0.15) is 0 Å². The highest BCUT2D eigenvalue weighted by Crippen LogP contribution is 2.76. The fourth-order valence-corrected chi connectivity index (χ4v) is 15.2. The van der Waals surface area contributed by atoms with E-state index in [1.165, 1.54) is 20.8 Å². The Morgan fingerprint density at radius 2 is 1.36 bits per heavy atom. The molecule has 0 amide bonds. The lowest BCUT2D eigenvalue weighted by molar-refractivity contribution is -0.361. The summed E-state index contributed by atoms with van der Waals surface area (Å²) in [6, 6.07) is 0. The number of aliphatic carboxylic acids is 1. The molecule has 7 rings (SSSR count). The number of hydrogen-bond donors (Lipinski definition) is 7. The van der Waals surface area contributed by atoms with Crippen molar-refractivity contribution in [1.82, 2.24) is 0 Å². The van der Waals surface area contributed by atoms with Gasteiger partial charge >= 0.3 is 23.9 Å². The molecule has 21 atom stereocenters. The van der Waals surface area contributed by atoms with Crippen LogP contribution >= 0.6 is 0 Å². The lowest BCUT2D eigenvalue weighted by Crippen LogP contribution is -2.73. The quantitative estimate of drug-likeness (QED) is 0.0675. The van der Waals surface area contributed by atoms with Gasteiger partial charge in [0.05, 0.1) is 24.2 Å². The van der Waals surface area contributed by atoms with Crippen LogP contribution in [0.25, 0.3) is 0 Å². The second-order valence-corrected chi connectivity index (χ2v) is 24.2. The first-order valence-electron chi connectivity index (χ1n) is 25.0. The molecule has 69 heavy (non-hydrogen) atoms. The van der Waals surface area contributed by atoms with Crippen LogP contribution in [0.1, 0.15) is 134 Å². The second kappa shape index (κ2) is 18.9. The fourth-order valence-electron chi connectivity index (χ4n) is 15.2. The van der Waals surface area contributed by atoms with Crippen LogP contribution in [-0.2, 0) is 52.3 Å². The molecule has 0 spiro atoms. The van der Waals surface area contributed by atoms with E-state index in [0.717, 1.165) is 18.4 Å². The number of carboxylic acids is 1. The van der Waals surface area contributed by atoms with Crippen molar-refractivity contribution in [1.29, 1.82) is 0 Å². The van der Waals surface area contributed by atoms with Gasteiger partial charge in [-0.3, -0.25) is 14.4 Å². The van der Waals surface area contributed by atoms with Gasteiger partial charge in [-0.1, -0.05) is 74.0 Å². The molecule has 0 bridgehead atoms. The summed E-state index contributed by atoms with van der Waals surface area (Å²) in [5, 5.41) is 76.0. The van der Waals surface area contributed by atoms with E-state index in [9.17, 15) is 54.9 Å². The van der Waals surface area contributed by atoms with Crippen molar-refractivity contribution in [3.8, 4) is 0 Å². The van der Waals surface area contributed by atoms with Crippen LogP contribution < -0.4 is 0 Å². The minimum atomic E-state index is -1.88. The second-order valence-electron chi connectivity index (χ2n) is 24.2. The van der Waals surface area contributed by atoms with E-state index >= 15 is 0 Å². The maximum absolute atomic E-state index is 13.7. The third-order valence-electron chi connectivity index (χ3n) is 18.9. The maximum atomic E-state index is 13.7. The molecular weight excluding hydrogens is 901 g/mol. The van der Waals surface area contributed by atoms with Gasteiger partial charge in [0, 0.05) is 25.7 Å². The Labute approximate surface area is 405 Å². The highest BCUT2D eigenvalue weighted by Gasteiger charge is 2.74. The molecule has 2 aliphatic heterocycles. The van der Waals surface area contributed by atoms with Gasteiger partial charge in [0.15, 0.2) is 24.8 Å². The summed E-state index contributed by atoms with van der Waals surface area (Å²) in [7, 11) is 0. The summed E-state index contributed by atoms with van der Waals surface area (Å²) in [5.41, 5.74) is -2.73. The molecule has 0 aromatic carbocycles. The van der Waals surface area contributed by atoms with Crippen LogP contribution in [0.3, 0.4) is 0 Å². The number of carbonyl (C=O) groups is 4. The van der Waals surface area contributed by atoms with Gasteiger partial charge < -0.3 is 68.9 Å². The van der Waals surface area contributed by atoms with Crippen LogP contribution in [0.2, 0.25) is 0 Å². The van der Waals surface area contributed by atoms with Crippen molar-refractivity contribution >= 4 is 23.9 Å². The van der Waals surface area contributed by atoms with Gasteiger partial charge in [-0.15, -0.1) is 0 Å². The average Bonchev–Trinajstić information content (AvgIpc) is 3.23. The smallest absolute Gasteiger partial charge is 0.335 e. The SMILES string of the molecule is CC(=O)O[C@H]1[C@H](OC(=O)CC(C)C)[C@@]2(CO)[C@H](CC1(C)C)C1=CC[C@@H]3[C@@]4(C)CC[C@H](O[C@H]5O[C@H](C(=O)O)[C@H](O[C@@H]6O[C@H](C)[C@H](O)[C@@H](O)[C@H]6O)[C@H](O)[C@H]5O)C(C)(C)[C@@H]4CC[C@@]3(C)[C@]1(C)C[C@H]2OC(C)=O. The van der Waals surface area contributed by atoms with Gasteiger partial charge in [0.25, 0.3) is 0 Å². The normalized spacial score (nSPS) is 47.8. The van der Waals surface area contributed by atoms with Crippen molar-refractivity contribution in [3.05, 3.63) is 11.6 Å². The predicted octanol–water partition coefficient (Wildman–Crippen LogP) is 3.56. The van der Waals surface area contributed by atoms with Crippen molar-refractivity contribution in [3.63, 3.8) is 0 Å². The molecule has 392 valence electrons. The molecule has 2 saturated heterocycles. The Bertz CT molecular complexity index is 1990. The van der Waals surface area contributed by atoms with E-state index in [2.05, 4.69) is 40.7 Å². The lowest BCUT2D eigenvalue weighted by atomic mass is 9.33. The van der Waals surface area contributed by atoms with Crippen LogP contribution in [0, 0.1) is 56.2 Å². The number of esters is 3. The summed E-state index contributed by atoms with van der Waals surface area (Å²) in [4.78, 5) is 52.3. The molecule has 7 aliphatic rings. The van der Waals surface area contributed by atoms with E-state index in [1.807, 2.05) is 27.7 Å². The van der Waals surface area contributed by atoms with E-state index in [-0.39, 0.29) is 35.0 Å². The minimum absolute atomic E-state index is 0.0308. The van der Waals surface area contributed by atoms with E-state index in [0.29, 0.717) is 32.1 Å². The molecule has 18 heteroatoms. The average molecular weight is 981 g/mol. The highest BCUT2D eigenvalue weighted by molar-refractivity contribution is 5.73. The fraction of sp³-hybridized carbons (Fsp3) is 0.882. The molecule has 0 aromatic heterocycles. The summed E-state index contributed by atoms with van der Waals surface area (Å²) in [6.07, 6.45) is -13.4. The number of carbonyl (C=O) groups excluding carboxylic acids is 3. The molecule has 0 aromatic rings. The number of aliphatic hydroxyl groups is 6. The topological polar surface area (TPSA) is 274 Å². The summed E-state index contributed by atoms with van der Waals surface area (Å²) in [5.74, 6) is -3.41. The van der Waals surface area contributed by atoms with Gasteiger partial charge in [0.2, 0.25) is 0 Å². The van der Waals surface area contributed by atoms with Gasteiger partial charge in [0.1, 0.15) is 48.8 Å². The Morgan fingerprint density at radius 1 is 0.739 bits per heavy atom. The van der Waals surface area contributed by atoms with Crippen molar-refractivity contribution in [2.24, 2.45) is 56.2 Å². The number of ether oxygens (including phenoxy) is 7. The highest BCUT2D eigenvalue weighted by atomic mass is 16.7. The van der Waals surface area contributed by atoms with Crippen molar-refractivity contribution in [2.75, 3.05) is 6.61 Å². The third-order valence-corrected chi connectivity index (χ3v) is 18.9. The molecule has 7 N–H and O–H groups in total. The summed E-state index contributed by atoms with van der Waals surface area (Å²) in [6.45, 7) is 22.5. The van der Waals surface area contributed by atoms with Gasteiger partial charge in [-0.25, -0.2) is 4.79 Å². The van der Waals surface area contributed by atoms with Crippen molar-refractivity contribution < 1.29 is 88.1 Å². The molecule has 0 radical (unpaired) electrons. The minimum Gasteiger partial charge on any atom is -0.479 e. The Kier molecular flexibility index (Phi) is 14.8. The molecule has 2 heterocycles. The first kappa shape index (κ1) is 54.0. The largest absolute Gasteiger partial charge is 0.479 e. The molecule has 18 nitrogen and oxygen atoms in total. The molecule has 6 fully saturated rings. The van der Waals surface area contributed by atoms with E-state index in [1.54, 1.807) is 0 Å². The number of allylic oxidation sites excluding steroid dienone is 2. The molecule has 5 aliphatic carbocycles. The predicted molar refractivity (Wildman–Crippen MR) is 243 cm³/mol. The molecule has 0 unspecified atom stereocenters. The number of carboxylic acid groups (broad SMARTS) is 1. The van der Waals surface area contributed by atoms with E-state index in [4.69, 9.17) is 33.2 Å². The van der Waals surface area contributed by atoms with E-state index < -0.39 is 144 Å². The Morgan fingerprint density at radius 3 is 1.96 bits per heavy atom. The van der Waals surface area contributed by atoms with Crippen LogP contribution in [0.5, 0.6) is 0 Å². The first-order valence-corrected chi connectivity index (χ1v) is 25.0. The zero-order valence-electron chi connectivity index (χ0n) is 42.5. The molecular formula is C51H80O18. The van der Waals surface area contributed by atoms with Crippen LogP contribution in [-0.4, -0.2) is 152 Å². The number of hydrogen-bond acceptors (Lipinski definition) is 17. The monoisotopic (exact) mass is 981 g/mol. The zero-order chi connectivity index (χ0) is 51.3.